The van der Waals surface area contributed by atoms with Crippen molar-refractivity contribution in [2.45, 2.75) is 0 Å². The average molecular weight is 520 g/mol. The Bertz CT molecular complexity index is 2400. The Morgan fingerprint density at radius 2 is 1.00 bits per heavy atom. The molecule has 0 aliphatic heterocycles. The lowest BCUT2D eigenvalue weighted by molar-refractivity contribution is 1.46. The van der Waals surface area contributed by atoms with Crippen LogP contribution in [-0.4, -0.2) is 4.98 Å². The molecule has 1 nitrogen and oxygen atoms in total. The lowest BCUT2D eigenvalue weighted by Crippen LogP contribution is -1.88. The van der Waals surface area contributed by atoms with E-state index < -0.39 is 0 Å². The number of aromatic amines is 1. The quantitative estimate of drug-likeness (QED) is 0.223. The van der Waals surface area contributed by atoms with Crippen LogP contribution in [0.4, 0.5) is 0 Å². The van der Waals surface area contributed by atoms with E-state index >= 15 is 0 Å². The van der Waals surface area contributed by atoms with Crippen LogP contribution in [0.5, 0.6) is 0 Å². The predicted molar refractivity (Wildman–Crippen MR) is 176 cm³/mol. The van der Waals surface area contributed by atoms with Crippen LogP contribution in [0.15, 0.2) is 146 Å². The van der Waals surface area contributed by atoms with Gasteiger partial charge in [0.25, 0.3) is 0 Å². The summed E-state index contributed by atoms with van der Waals surface area (Å²) < 4.78 is 0. The Hall–Kier alpha value is -5.40. The number of fused-ring (bicyclic) bond motifs is 3. The Balaban J connectivity index is 1.38. The predicted octanol–water partition coefficient (Wildman–Crippen LogP) is 11.2. The third kappa shape index (κ3) is 3.30. The summed E-state index contributed by atoms with van der Waals surface area (Å²) in [6.45, 7) is 0. The molecule has 0 aliphatic rings. The van der Waals surface area contributed by atoms with Crippen LogP contribution in [0.1, 0.15) is 0 Å². The first-order valence-corrected chi connectivity index (χ1v) is 14.2. The fourth-order valence-electron chi connectivity index (χ4n) is 6.86. The van der Waals surface area contributed by atoms with Gasteiger partial charge in [-0.15, -0.1) is 0 Å². The fourth-order valence-corrected chi connectivity index (χ4v) is 6.86. The zero-order chi connectivity index (χ0) is 26.9. The van der Waals surface area contributed by atoms with Crippen molar-refractivity contribution in [3.8, 4) is 33.5 Å². The third-order valence-electron chi connectivity index (χ3n) is 8.74. The Labute approximate surface area is 237 Å². The van der Waals surface area contributed by atoms with Gasteiger partial charge in [-0.3, -0.25) is 0 Å². The Morgan fingerprint density at radius 3 is 1.83 bits per heavy atom. The summed E-state index contributed by atoms with van der Waals surface area (Å²) >= 11 is 0. The van der Waals surface area contributed by atoms with Gasteiger partial charge in [-0.05, 0) is 72.1 Å². The van der Waals surface area contributed by atoms with Crippen molar-refractivity contribution in [2.75, 3.05) is 0 Å². The molecule has 8 aromatic carbocycles. The van der Waals surface area contributed by atoms with E-state index in [4.69, 9.17) is 0 Å². The number of aromatic nitrogens is 1. The van der Waals surface area contributed by atoms with Gasteiger partial charge >= 0.3 is 0 Å². The van der Waals surface area contributed by atoms with Gasteiger partial charge < -0.3 is 4.98 Å². The number of nitrogens with one attached hydrogen (secondary N) is 1. The molecule has 1 heteroatoms. The first kappa shape index (κ1) is 22.4. The summed E-state index contributed by atoms with van der Waals surface area (Å²) in [5.41, 5.74) is 8.57. The largest absolute Gasteiger partial charge is 0.353 e. The smallest absolute Gasteiger partial charge is 0.0545 e. The van der Waals surface area contributed by atoms with Gasteiger partial charge in [-0.25, -0.2) is 0 Å². The van der Waals surface area contributed by atoms with Crippen LogP contribution in [0.3, 0.4) is 0 Å². The molecule has 0 fully saturated rings. The average Bonchev–Trinajstić information content (AvgIpc) is 3.43. The standard InChI is InChI=1S/C40H25N/c1-3-10-26(11-4-1)38-35-24-31-19-21-33-32(30-16-15-25-9-7-8-14-29(25)23-30)20-17-27-18-22-34(37(31)36(27)33)40(35)41-39(38)28-12-5-2-6-13-28/h1-24,41H. The van der Waals surface area contributed by atoms with E-state index in [0.717, 1.165) is 0 Å². The first-order chi connectivity index (χ1) is 20.3. The number of hydrogen-bond donors (Lipinski definition) is 1. The summed E-state index contributed by atoms with van der Waals surface area (Å²) in [5.74, 6) is 0. The summed E-state index contributed by atoms with van der Waals surface area (Å²) in [4.78, 5) is 3.90. The molecule has 0 saturated heterocycles. The van der Waals surface area contributed by atoms with Crippen molar-refractivity contribution in [2.24, 2.45) is 0 Å². The van der Waals surface area contributed by atoms with E-state index in [1.54, 1.807) is 0 Å². The van der Waals surface area contributed by atoms with E-state index in [-0.39, 0.29) is 0 Å². The second kappa shape index (κ2) is 8.55. The highest BCUT2D eigenvalue weighted by atomic mass is 14.7. The van der Waals surface area contributed by atoms with Crippen molar-refractivity contribution in [1.29, 1.82) is 0 Å². The molecule has 9 aromatic rings. The van der Waals surface area contributed by atoms with Gasteiger partial charge in [0.1, 0.15) is 0 Å². The number of H-pyrrole nitrogens is 1. The number of benzene rings is 8. The van der Waals surface area contributed by atoms with Crippen LogP contribution >= 0.6 is 0 Å². The van der Waals surface area contributed by atoms with Gasteiger partial charge in [-0.2, -0.15) is 0 Å². The second-order valence-electron chi connectivity index (χ2n) is 11.0. The summed E-state index contributed by atoms with van der Waals surface area (Å²) in [6, 6.07) is 53.1. The molecule has 9 rings (SSSR count). The van der Waals surface area contributed by atoms with E-state index in [0.29, 0.717) is 0 Å². The molecule has 0 radical (unpaired) electrons. The maximum Gasteiger partial charge on any atom is 0.0545 e. The van der Waals surface area contributed by atoms with Crippen molar-refractivity contribution in [3.63, 3.8) is 0 Å². The van der Waals surface area contributed by atoms with Crippen molar-refractivity contribution >= 4 is 54.0 Å². The lowest BCUT2D eigenvalue weighted by atomic mass is 9.88. The molecule has 0 unspecified atom stereocenters. The molecule has 0 spiro atoms. The highest BCUT2D eigenvalue weighted by molar-refractivity contribution is 6.31. The van der Waals surface area contributed by atoms with E-state index in [9.17, 15) is 0 Å². The maximum absolute atomic E-state index is 3.90. The normalized spacial score (nSPS) is 11.9. The van der Waals surface area contributed by atoms with Gasteiger partial charge in [0.2, 0.25) is 0 Å². The molecule has 0 amide bonds. The number of rotatable bonds is 3. The Kier molecular flexibility index (Phi) is 4.67. The molecule has 41 heavy (non-hydrogen) atoms. The topological polar surface area (TPSA) is 15.8 Å². The molecule has 0 saturated carbocycles. The van der Waals surface area contributed by atoms with E-state index in [2.05, 4.69) is 151 Å². The van der Waals surface area contributed by atoms with Crippen LogP contribution in [0.25, 0.3) is 87.5 Å². The molecule has 1 heterocycles. The molecule has 1 N–H and O–H groups in total. The monoisotopic (exact) mass is 519 g/mol. The van der Waals surface area contributed by atoms with Crippen LogP contribution in [-0.2, 0) is 0 Å². The van der Waals surface area contributed by atoms with Crippen molar-refractivity contribution < 1.29 is 0 Å². The Morgan fingerprint density at radius 1 is 0.366 bits per heavy atom. The highest BCUT2D eigenvalue weighted by Crippen LogP contribution is 2.46. The summed E-state index contributed by atoms with van der Waals surface area (Å²) in [5, 5.41) is 11.6. The molecule has 190 valence electrons. The van der Waals surface area contributed by atoms with Gasteiger partial charge in [-0.1, -0.05) is 133 Å². The van der Waals surface area contributed by atoms with Crippen LogP contribution in [0, 0.1) is 0 Å². The van der Waals surface area contributed by atoms with Crippen molar-refractivity contribution in [3.05, 3.63) is 146 Å². The lowest BCUT2D eigenvalue weighted by Gasteiger charge is -2.15. The minimum absolute atomic E-state index is 1.17. The summed E-state index contributed by atoms with van der Waals surface area (Å²) in [6.07, 6.45) is 0. The maximum atomic E-state index is 3.90. The molecule has 0 aliphatic carbocycles. The summed E-state index contributed by atoms with van der Waals surface area (Å²) in [7, 11) is 0. The molecule has 0 bridgehead atoms. The van der Waals surface area contributed by atoms with Gasteiger partial charge in [0.05, 0.1) is 11.2 Å². The van der Waals surface area contributed by atoms with Crippen LogP contribution in [0.2, 0.25) is 0 Å². The van der Waals surface area contributed by atoms with E-state index in [1.807, 2.05) is 0 Å². The SMILES string of the molecule is c1ccc(-c2[nH]c3c(cc4ccc5c(-c6ccc7ccccc7c6)ccc6ccc3c4c65)c2-c2ccccc2)cc1. The zero-order valence-electron chi connectivity index (χ0n) is 22.4. The minimum Gasteiger partial charge on any atom is -0.353 e. The molecular formula is C40H25N. The first-order valence-electron chi connectivity index (χ1n) is 14.2. The fraction of sp³-hybridized carbons (Fsp3) is 0. The minimum atomic E-state index is 1.17. The van der Waals surface area contributed by atoms with Gasteiger partial charge in [0, 0.05) is 16.3 Å². The van der Waals surface area contributed by atoms with E-state index in [1.165, 1.54) is 87.5 Å². The van der Waals surface area contributed by atoms with Crippen LogP contribution < -0.4 is 0 Å². The van der Waals surface area contributed by atoms with Crippen molar-refractivity contribution in [1.82, 2.24) is 4.98 Å². The molecule has 0 atom stereocenters. The number of hydrogen-bond acceptors (Lipinski definition) is 0. The second-order valence-corrected chi connectivity index (χ2v) is 11.0. The van der Waals surface area contributed by atoms with Gasteiger partial charge in [0.15, 0.2) is 0 Å². The zero-order valence-corrected chi connectivity index (χ0v) is 22.4. The highest BCUT2D eigenvalue weighted by Gasteiger charge is 2.20. The molecule has 1 aromatic heterocycles. The molecular weight excluding hydrogens is 494 g/mol. The third-order valence-corrected chi connectivity index (χ3v) is 8.74.